The highest BCUT2D eigenvalue weighted by Crippen LogP contribution is 2.24. The second-order valence-electron chi connectivity index (χ2n) is 4.40. The number of aromatic nitrogens is 3. The number of pyridine rings is 1. The molecule has 3 N–H and O–H groups in total. The Morgan fingerprint density at radius 1 is 1.21 bits per heavy atom. The summed E-state index contributed by atoms with van der Waals surface area (Å²) < 4.78 is 0.956. The normalized spacial score (nSPS) is 11.0. The van der Waals surface area contributed by atoms with E-state index >= 15 is 0 Å². The highest BCUT2D eigenvalue weighted by atomic mass is 79.9. The molecule has 3 aromatic rings. The Kier molecular flexibility index (Phi) is 3.21. The van der Waals surface area contributed by atoms with E-state index in [9.17, 15) is 0 Å². The molecule has 1 aromatic carbocycles. The minimum atomic E-state index is 0.685. The number of nitrogens with one attached hydrogen (secondary N) is 1. The Morgan fingerprint density at radius 3 is 2.89 bits per heavy atom. The van der Waals surface area contributed by atoms with Gasteiger partial charge in [0.15, 0.2) is 0 Å². The molecule has 5 heteroatoms. The Balaban J connectivity index is 1.84. The van der Waals surface area contributed by atoms with Crippen molar-refractivity contribution < 1.29 is 0 Å². The predicted molar refractivity (Wildman–Crippen MR) is 79.9 cm³/mol. The van der Waals surface area contributed by atoms with Crippen LogP contribution in [0, 0.1) is 0 Å². The molecule has 0 aliphatic heterocycles. The van der Waals surface area contributed by atoms with E-state index in [1.807, 2.05) is 36.5 Å². The first-order valence-corrected chi connectivity index (χ1v) is 6.85. The molecule has 0 saturated heterocycles. The van der Waals surface area contributed by atoms with E-state index in [0.717, 1.165) is 39.9 Å². The van der Waals surface area contributed by atoms with E-state index < -0.39 is 0 Å². The summed E-state index contributed by atoms with van der Waals surface area (Å²) in [7, 11) is 0. The zero-order valence-electron chi connectivity index (χ0n) is 10.2. The van der Waals surface area contributed by atoms with Gasteiger partial charge < -0.3 is 10.7 Å². The van der Waals surface area contributed by atoms with E-state index in [1.54, 1.807) is 0 Å². The summed E-state index contributed by atoms with van der Waals surface area (Å²) in [6.45, 7) is 0. The molecule has 2 heterocycles. The monoisotopic (exact) mass is 316 g/mol. The fourth-order valence-electron chi connectivity index (χ4n) is 2.07. The van der Waals surface area contributed by atoms with Gasteiger partial charge in [0.2, 0.25) is 0 Å². The van der Waals surface area contributed by atoms with Crippen LogP contribution in [0.2, 0.25) is 0 Å². The summed E-state index contributed by atoms with van der Waals surface area (Å²) in [6, 6.07) is 9.79. The molecule has 0 aliphatic rings. The van der Waals surface area contributed by atoms with E-state index in [1.165, 1.54) is 0 Å². The smallest absolute Gasteiger partial charge is 0.112 e. The molecule has 0 unspecified atom stereocenters. The average molecular weight is 317 g/mol. The molecule has 0 fully saturated rings. The first-order chi connectivity index (χ1) is 9.22. The summed E-state index contributed by atoms with van der Waals surface area (Å²) in [5, 5.41) is 0. The van der Waals surface area contributed by atoms with Crippen LogP contribution >= 0.6 is 15.9 Å². The molecular formula is C14H13BrN4. The SMILES string of the molecule is Nc1cc(Br)cc2[nH]c(CCc3ccccn3)nc12. The number of nitrogens with zero attached hydrogens (tertiary/aromatic N) is 2. The van der Waals surface area contributed by atoms with Crippen molar-refractivity contribution in [3.8, 4) is 0 Å². The van der Waals surface area contributed by atoms with E-state index in [-0.39, 0.29) is 0 Å². The molecular weight excluding hydrogens is 304 g/mol. The number of halogens is 1. The summed E-state index contributed by atoms with van der Waals surface area (Å²) in [5.74, 6) is 0.936. The minimum Gasteiger partial charge on any atom is -0.397 e. The van der Waals surface area contributed by atoms with Crippen molar-refractivity contribution in [3.63, 3.8) is 0 Å². The number of anilines is 1. The quantitative estimate of drug-likeness (QED) is 0.730. The van der Waals surface area contributed by atoms with Crippen LogP contribution in [0.15, 0.2) is 41.0 Å². The van der Waals surface area contributed by atoms with Crippen molar-refractivity contribution in [1.82, 2.24) is 15.0 Å². The third-order valence-electron chi connectivity index (χ3n) is 2.97. The van der Waals surface area contributed by atoms with E-state index in [2.05, 4.69) is 30.9 Å². The Labute approximate surface area is 119 Å². The van der Waals surface area contributed by atoms with Gasteiger partial charge in [0, 0.05) is 22.8 Å². The molecule has 0 amide bonds. The standard InChI is InChI=1S/C14H13BrN4/c15-9-7-11(16)14-12(8-9)18-13(19-14)5-4-10-3-1-2-6-17-10/h1-3,6-8H,4-5,16H2,(H,18,19). The van der Waals surface area contributed by atoms with Gasteiger partial charge in [-0.05, 0) is 30.7 Å². The van der Waals surface area contributed by atoms with E-state index in [4.69, 9.17) is 5.73 Å². The molecule has 2 aromatic heterocycles. The zero-order valence-corrected chi connectivity index (χ0v) is 11.8. The molecule has 0 radical (unpaired) electrons. The van der Waals surface area contributed by atoms with Crippen molar-refractivity contribution in [2.24, 2.45) is 0 Å². The first kappa shape index (κ1) is 12.2. The molecule has 3 rings (SSSR count). The molecule has 0 saturated carbocycles. The summed E-state index contributed by atoms with van der Waals surface area (Å²) in [5.41, 5.74) is 9.50. The number of rotatable bonds is 3. The van der Waals surface area contributed by atoms with Crippen LogP contribution in [-0.4, -0.2) is 15.0 Å². The van der Waals surface area contributed by atoms with Crippen LogP contribution in [-0.2, 0) is 12.8 Å². The zero-order chi connectivity index (χ0) is 13.2. The highest BCUT2D eigenvalue weighted by molar-refractivity contribution is 9.10. The molecule has 0 aliphatic carbocycles. The lowest BCUT2D eigenvalue weighted by Gasteiger charge is -1.96. The topological polar surface area (TPSA) is 67.6 Å². The molecule has 4 nitrogen and oxygen atoms in total. The molecule has 96 valence electrons. The maximum absolute atomic E-state index is 5.95. The van der Waals surface area contributed by atoms with Gasteiger partial charge in [-0.15, -0.1) is 0 Å². The van der Waals surface area contributed by atoms with Gasteiger partial charge in [0.1, 0.15) is 11.3 Å². The number of nitrogen functional groups attached to an aromatic ring is 1. The van der Waals surface area contributed by atoms with Crippen LogP contribution in [0.3, 0.4) is 0 Å². The maximum Gasteiger partial charge on any atom is 0.112 e. The first-order valence-electron chi connectivity index (χ1n) is 6.06. The number of benzene rings is 1. The largest absolute Gasteiger partial charge is 0.397 e. The van der Waals surface area contributed by atoms with Crippen LogP contribution in [0.5, 0.6) is 0 Å². The molecule has 19 heavy (non-hydrogen) atoms. The van der Waals surface area contributed by atoms with Crippen molar-refractivity contribution in [3.05, 3.63) is 52.5 Å². The van der Waals surface area contributed by atoms with Gasteiger partial charge in [0.25, 0.3) is 0 Å². The Bertz CT molecular complexity index is 706. The summed E-state index contributed by atoms with van der Waals surface area (Å²) >= 11 is 3.43. The Morgan fingerprint density at radius 2 is 2.11 bits per heavy atom. The third-order valence-corrected chi connectivity index (χ3v) is 3.43. The lowest BCUT2D eigenvalue weighted by atomic mass is 10.2. The van der Waals surface area contributed by atoms with Crippen LogP contribution < -0.4 is 5.73 Å². The lowest BCUT2D eigenvalue weighted by Crippen LogP contribution is -1.95. The van der Waals surface area contributed by atoms with Crippen LogP contribution in [0.25, 0.3) is 11.0 Å². The predicted octanol–water partition coefficient (Wildman–Crippen LogP) is 3.09. The average Bonchev–Trinajstić information content (AvgIpc) is 2.81. The number of fused-ring (bicyclic) bond motifs is 1. The number of aromatic amines is 1. The van der Waals surface area contributed by atoms with Crippen LogP contribution in [0.4, 0.5) is 5.69 Å². The second-order valence-corrected chi connectivity index (χ2v) is 5.31. The number of hydrogen-bond donors (Lipinski definition) is 2. The van der Waals surface area contributed by atoms with Gasteiger partial charge in [-0.3, -0.25) is 4.98 Å². The molecule has 0 spiro atoms. The Hall–Kier alpha value is -1.88. The number of hydrogen-bond acceptors (Lipinski definition) is 3. The van der Waals surface area contributed by atoms with Gasteiger partial charge in [-0.1, -0.05) is 22.0 Å². The third kappa shape index (κ3) is 2.61. The van der Waals surface area contributed by atoms with Gasteiger partial charge in [0.05, 0.1) is 11.2 Å². The number of nitrogens with two attached hydrogens (primary N) is 1. The van der Waals surface area contributed by atoms with Crippen LogP contribution in [0.1, 0.15) is 11.5 Å². The van der Waals surface area contributed by atoms with Crippen molar-refractivity contribution >= 4 is 32.7 Å². The maximum atomic E-state index is 5.95. The second kappa shape index (κ2) is 5.01. The van der Waals surface area contributed by atoms with Crippen molar-refractivity contribution in [2.75, 3.05) is 5.73 Å². The highest BCUT2D eigenvalue weighted by Gasteiger charge is 2.07. The number of H-pyrrole nitrogens is 1. The lowest BCUT2D eigenvalue weighted by molar-refractivity contribution is 0.861. The van der Waals surface area contributed by atoms with Crippen molar-refractivity contribution in [1.29, 1.82) is 0 Å². The molecule has 0 atom stereocenters. The fourth-order valence-corrected chi connectivity index (χ4v) is 2.55. The number of aryl methyl sites for hydroxylation is 2. The van der Waals surface area contributed by atoms with Gasteiger partial charge >= 0.3 is 0 Å². The van der Waals surface area contributed by atoms with Gasteiger partial charge in [-0.2, -0.15) is 0 Å². The number of imidazole rings is 1. The minimum absolute atomic E-state index is 0.685. The summed E-state index contributed by atoms with van der Waals surface area (Å²) in [6.07, 6.45) is 3.49. The molecule has 0 bridgehead atoms. The fraction of sp³-hybridized carbons (Fsp3) is 0.143. The summed E-state index contributed by atoms with van der Waals surface area (Å²) in [4.78, 5) is 12.1. The van der Waals surface area contributed by atoms with E-state index in [0.29, 0.717) is 5.69 Å². The van der Waals surface area contributed by atoms with Gasteiger partial charge in [-0.25, -0.2) is 4.98 Å². The van der Waals surface area contributed by atoms with Crippen molar-refractivity contribution in [2.45, 2.75) is 12.8 Å².